The van der Waals surface area contributed by atoms with Crippen LogP contribution in [-0.4, -0.2) is 24.6 Å². The molecule has 0 aliphatic rings. The van der Waals surface area contributed by atoms with Crippen molar-refractivity contribution in [3.8, 4) is 5.75 Å². The molecule has 0 amide bonds. The third-order valence-electron chi connectivity index (χ3n) is 2.33. The number of non-ortho nitro benzene ring substituents is 1. The zero-order valence-corrected chi connectivity index (χ0v) is 10.2. The van der Waals surface area contributed by atoms with Gasteiger partial charge in [0.25, 0.3) is 5.69 Å². The second-order valence-corrected chi connectivity index (χ2v) is 3.81. The lowest BCUT2D eigenvalue weighted by Crippen LogP contribution is -2.21. The summed E-state index contributed by atoms with van der Waals surface area (Å²) in [6, 6.07) is 4.63. The van der Waals surface area contributed by atoms with Crippen molar-refractivity contribution in [1.82, 2.24) is 5.32 Å². The molecule has 17 heavy (non-hydrogen) atoms. The van der Waals surface area contributed by atoms with Crippen molar-refractivity contribution < 1.29 is 9.66 Å². The van der Waals surface area contributed by atoms with Gasteiger partial charge in [-0.05, 0) is 31.5 Å². The van der Waals surface area contributed by atoms with Gasteiger partial charge in [-0.3, -0.25) is 10.1 Å². The van der Waals surface area contributed by atoms with E-state index >= 15 is 0 Å². The number of hydrogen-bond acceptors (Lipinski definition) is 4. The van der Waals surface area contributed by atoms with Gasteiger partial charge in [0.1, 0.15) is 12.4 Å². The molecule has 1 aromatic rings. The van der Waals surface area contributed by atoms with Crippen molar-refractivity contribution >= 4 is 5.69 Å². The van der Waals surface area contributed by atoms with Crippen LogP contribution in [0.15, 0.2) is 18.2 Å². The minimum atomic E-state index is -0.403. The van der Waals surface area contributed by atoms with E-state index in [0.29, 0.717) is 12.4 Å². The number of aryl methyl sites for hydroxylation is 1. The van der Waals surface area contributed by atoms with Crippen molar-refractivity contribution in [2.45, 2.75) is 20.3 Å². The van der Waals surface area contributed by atoms with Crippen molar-refractivity contribution in [3.63, 3.8) is 0 Å². The van der Waals surface area contributed by atoms with Gasteiger partial charge < -0.3 is 10.1 Å². The Morgan fingerprint density at radius 3 is 2.76 bits per heavy atom. The van der Waals surface area contributed by atoms with Crippen molar-refractivity contribution in [3.05, 3.63) is 33.9 Å². The highest BCUT2D eigenvalue weighted by Gasteiger charge is 2.08. The molecule has 0 saturated heterocycles. The Hall–Kier alpha value is -1.62. The standard InChI is InChI=1S/C12H18N2O3/c1-3-6-13-7-8-17-12-5-4-11(14(15)16)9-10(12)2/h4-5,9,13H,3,6-8H2,1-2H3. The Labute approximate surface area is 101 Å². The minimum Gasteiger partial charge on any atom is -0.492 e. The van der Waals surface area contributed by atoms with E-state index in [1.165, 1.54) is 12.1 Å². The van der Waals surface area contributed by atoms with Crippen molar-refractivity contribution in [1.29, 1.82) is 0 Å². The maximum atomic E-state index is 10.6. The van der Waals surface area contributed by atoms with E-state index in [0.717, 1.165) is 25.1 Å². The van der Waals surface area contributed by atoms with E-state index in [1.807, 2.05) is 6.92 Å². The first-order valence-electron chi connectivity index (χ1n) is 5.73. The number of hydrogen-bond donors (Lipinski definition) is 1. The Balaban J connectivity index is 2.46. The van der Waals surface area contributed by atoms with Gasteiger partial charge in [0.05, 0.1) is 4.92 Å². The number of nitro groups is 1. The van der Waals surface area contributed by atoms with E-state index < -0.39 is 4.92 Å². The van der Waals surface area contributed by atoms with E-state index in [9.17, 15) is 10.1 Å². The SMILES string of the molecule is CCCNCCOc1ccc([N+](=O)[O-])cc1C. The molecule has 0 aromatic heterocycles. The Morgan fingerprint density at radius 1 is 1.41 bits per heavy atom. The second kappa shape index (κ2) is 6.85. The average molecular weight is 238 g/mol. The summed E-state index contributed by atoms with van der Waals surface area (Å²) >= 11 is 0. The number of benzene rings is 1. The fourth-order valence-corrected chi connectivity index (χ4v) is 1.44. The van der Waals surface area contributed by atoms with Crippen molar-refractivity contribution in [2.24, 2.45) is 0 Å². The fourth-order valence-electron chi connectivity index (χ4n) is 1.44. The van der Waals surface area contributed by atoms with Crippen LogP contribution in [0.2, 0.25) is 0 Å². The quantitative estimate of drug-likeness (QED) is 0.449. The molecule has 0 spiro atoms. The lowest BCUT2D eigenvalue weighted by Gasteiger charge is -2.09. The molecule has 0 atom stereocenters. The molecule has 5 nitrogen and oxygen atoms in total. The summed E-state index contributed by atoms with van der Waals surface area (Å²) in [5.41, 5.74) is 0.883. The lowest BCUT2D eigenvalue weighted by molar-refractivity contribution is -0.384. The fraction of sp³-hybridized carbons (Fsp3) is 0.500. The average Bonchev–Trinajstić information content (AvgIpc) is 2.30. The summed E-state index contributed by atoms with van der Waals surface area (Å²) in [6.45, 7) is 6.24. The van der Waals surface area contributed by atoms with Gasteiger partial charge in [0.2, 0.25) is 0 Å². The molecular weight excluding hydrogens is 220 g/mol. The Bertz CT molecular complexity index is 380. The summed E-state index contributed by atoms with van der Waals surface area (Å²) in [5.74, 6) is 0.703. The molecule has 0 heterocycles. The number of ether oxygens (including phenoxy) is 1. The van der Waals surface area contributed by atoms with Gasteiger partial charge in [0.15, 0.2) is 0 Å². The van der Waals surface area contributed by atoms with Crippen LogP contribution in [0, 0.1) is 17.0 Å². The second-order valence-electron chi connectivity index (χ2n) is 3.81. The van der Waals surface area contributed by atoms with E-state index in [-0.39, 0.29) is 5.69 Å². The highest BCUT2D eigenvalue weighted by molar-refractivity contribution is 5.42. The first kappa shape index (κ1) is 13.4. The van der Waals surface area contributed by atoms with Gasteiger partial charge in [-0.25, -0.2) is 0 Å². The molecule has 0 aliphatic heterocycles. The van der Waals surface area contributed by atoms with Crippen LogP contribution >= 0.6 is 0 Å². The molecule has 0 unspecified atom stereocenters. The maximum absolute atomic E-state index is 10.6. The highest BCUT2D eigenvalue weighted by Crippen LogP contribution is 2.22. The van der Waals surface area contributed by atoms with Gasteiger partial charge in [-0.2, -0.15) is 0 Å². The summed E-state index contributed by atoms with van der Waals surface area (Å²) in [6.07, 6.45) is 1.09. The highest BCUT2D eigenvalue weighted by atomic mass is 16.6. The van der Waals surface area contributed by atoms with Crippen LogP contribution in [0.5, 0.6) is 5.75 Å². The third kappa shape index (κ3) is 4.40. The molecule has 0 fully saturated rings. The molecule has 0 radical (unpaired) electrons. The summed E-state index contributed by atoms with van der Waals surface area (Å²) in [4.78, 5) is 10.1. The number of rotatable bonds is 7. The van der Waals surface area contributed by atoms with Crippen LogP contribution in [-0.2, 0) is 0 Å². The van der Waals surface area contributed by atoms with Crippen molar-refractivity contribution in [2.75, 3.05) is 19.7 Å². The molecule has 1 rings (SSSR count). The lowest BCUT2D eigenvalue weighted by atomic mass is 10.2. The zero-order chi connectivity index (χ0) is 12.7. The Kier molecular flexibility index (Phi) is 5.42. The van der Waals surface area contributed by atoms with Gasteiger partial charge >= 0.3 is 0 Å². The summed E-state index contributed by atoms with van der Waals surface area (Å²) in [7, 11) is 0. The normalized spacial score (nSPS) is 10.2. The molecule has 0 bridgehead atoms. The molecule has 5 heteroatoms. The molecule has 0 aliphatic carbocycles. The van der Waals surface area contributed by atoms with E-state index in [1.54, 1.807) is 6.07 Å². The van der Waals surface area contributed by atoms with Gasteiger partial charge in [0, 0.05) is 18.7 Å². The first-order chi connectivity index (χ1) is 8.15. The largest absolute Gasteiger partial charge is 0.492 e. The predicted molar refractivity (Wildman–Crippen MR) is 66.5 cm³/mol. The molecule has 0 saturated carbocycles. The first-order valence-corrected chi connectivity index (χ1v) is 5.73. The minimum absolute atomic E-state index is 0.0963. The predicted octanol–water partition coefficient (Wildman–Crippen LogP) is 2.28. The molecular formula is C12H18N2O3. The van der Waals surface area contributed by atoms with E-state index in [4.69, 9.17) is 4.74 Å². The van der Waals surface area contributed by atoms with Crippen LogP contribution in [0.1, 0.15) is 18.9 Å². The monoisotopic (exact) mass is 238 g/mol. The van der Waals surface area contributed by atoms with Crippen LogP contribution in [0.25, 0.3) is 0 Å². The Morgan fingerprint density at radius 2 is 2.18 bits per heavy atom. The molecule has 1 aromatic carbocycles. The number of nitrogens with zero attached hydrogens (tertiary/aromatic N) is 1. The van der Waals surface area contributed by atoms with Gasteiger partial charge in [-0.15, -0.1) is 0 Å². The summed E-state index contributed by atoms with van der Waals surface area (Å²) < 4.78 is 5.53. The third-order valence-corrected chi connectivity index (χ3v) is 2.33. The van der Waals surface area contributed by atoms with E-state index in [2.05, 4.69) is 12.2 Å². The smallest absolute Gasteiger partial charge is 0.269 e. The molecule has 94 valence electrons. The number of nitrogens with one attached hydrogen (secondary N) is 1. The van der Waals surface area contributed by atoms with Crippen LogP contribution < -0.4 is 10.1 Å². The van der Waals surface area contributed by atoms with Crippen LogP contribution in [0.4, 0.5) is 5.69 Å². The summed E-state index contributed by atoms with van der Waals surface area (Å²) in [5, 5.41) is 13.8. The van der Waals surface area contributed by atoms with Gasteiger partial charge in [-0.1, -0.05) is 6.92 Å². The topological polar surface area (TPSA) is 64.4 Å². The van der Waals surface area contributed by atoms with Crippen LogP contribution in [0.3, 0.4) is 0 Å². The number of nitro benzene ring substituents is 1. The zero-order valence-electron chi connectivity index (χ0n) is 10.2. The maximum Gasteiger partial charge on any atom is 0.269 e. The molecule has 1 N–H and O–H groups in total.